The van der Waals surface area contributed by atoms with E-state index in [-0.39, 0.29) is 6.03 Å². The summed E-state index contributed by atoms with van der Waals surface area (Å²) in [4.78, 5) is 28.2. The predicted molar refractivity (Wildman–Crippen MR) is 110 cm³/mol. The Bertz CT molecular complexity index is 828. The molecule has 1 heterocycles. The number of hydrogen-bond acceptors (Lipinski definition) is 4. The van der Waals surface area contributed by atoms with E-state index in [1.54, 1.807) is 29.2 Å². The zero-order valence-electron chi connectivity index (χ0n) is 16.0. The molecule has 0 aliphatic carbocycles. The fourth-order valence-electron chi connectivity index (χ4n) is 3.08. The van der Waals surface area contributed by atoms with Crippen LogP contribution in [0.3, 0.4) is 0 Å². The SMILES string of the molecule is COC(=O)c1cccc(NC(=O)N2CCN(CC=Cc3ccccc3)CC2)c1. The second-order valence-electron chi connectivity index (χ2n) is 6.60. The smallest absolute Gasteiger partial charge is 0.337 e. The number of rotatable bonds is 5. The minimum Gasteiger partial charge on any atom is -0.465 e. The molecule has 6 heteroatoms. The molecule has 2 aromatic carbocycles. The van der Waals surface area contributed by atoms with Gasteiger partial charge in [-0.25, -0.2) is 9.59 Å². The molecule has 0 bridgehead atoms. The number of nitrogens with zero attached hydrogens (tertiary/aromatic N) is 2. The topological polar surface area (TPSA) is 61.9 Å². The predicted octanol–water partition coefficient (Wildman–Crippen LogP) is 3.34. The molecule has 0 radical (unpaired) electrons. The summed E-state index contributed by atoms with van der Waals surface area (Å²) >= 11 is 0. The summed E-state index contributed by atoms with van der Waals surface area (Å²) in [5, 5.41) is 2.86. The molecule has 1 saturated heterocycles. The zero-order valence-corrected chi connectivity index (χ0v) is 16.0. The third-order valence-electron chi connectivity index (χ3n) is 4.67. The lowest BCUT2D eigenvalue weighted by Crippen LogP contribution is -2.49. The van der Waals surface area contributed by atoms with Crippen molar-refractivity contribution in [2.24, 2.45) is 0 Å². The first-order valence-corrected chi connectivity index (χ1v) is 9.34. The quantitative estimate of drug-likeness (QED) is 0.810. The van der Waals surface area contributed by atoms with Gasteiger partial charge >= 0.3 is 12.0 Å². The van der Waals surface area contributed by atoms with Gasteiger partial charge in [0.15, 0.2) is 0 Å². The molecule has 0 unspecified atom stereocenters. The van der Waals surface area contributed by atoms with Crippen LogP contribution in [0.5, 0.6) is 0 Å². The van der Waals surface area contributed by atoms with Crippen molar-refractivity contribution in [2.75, 3.05) is 45.2 Å². The van der Waals surface area contributed by atoms with Crippen LogP contribution in [0.1, 0.15) is 15.9 Å². The van der Waals surface area contributed by atoms with Crippen LogP contribution in [0.15, 0.2) is 60.7 Å². The standard InChI is InChI=1S/C22H25N3O3/c1-28-21(26)19-10-5-11-20(17-19)23-22(27)25-15-13-24(14-16-25)12-6-9-18-7-3-2-4-8-18/h2-11,17H,12-16H2,1H3,(H,23,27). The van der Waals surface area contributed by atoms with Crippen molar-refractivity contribution in [3.8, 4) is 0 Å². The number of carbonyl (C=O) groups excluding carboxylic acids is 2. The van der Waals surface area contributed by atoms with E-state index in [2.05, 4.69) is 34.5 Å². The third-order valence-corrected chi connectivity index (χ3v) is 4.67. The van der Waals surface area contributed by atoms with Crippen molar-refractivity contribution >= 4 is 23.8 Å². The van der Waals surface area contributed by atoms with Crippen LogP contribution in [0.4, 0.5) is 10.5 Å². The van der Waals surface area contributed by atoms with Gasteiger partial charge in [0.2, 0.25) is 0 Å². The first-order chi connectivity index (χ1) is 13.7. The van der Waals surface area contributed by atoms with E-state index in [1.165, 1.54) is 12.7 Å². The van der Waals surface area contributed by atoms with Crippen LogP contribution in [-0.2, 0) is 4.74 Å². The molecule has 28 heavy (non-hydrogen) atoms. The Hall–Kier alpha value is -3.12. The van der Waals surface area contributed by atoms with Crippen LogP contribution in [0, 0.1) is 0 Å². The van der Waals surface area contributed by atoms with Crippen LogP contribution in [0.25, 0.3) is 6.08 Å². The van der Waals surface area contributed by atoms with E-state index in [0.29, 0.717) is 24.3 Å². The van der Waals surface area contributed by atoms with Gasteiger partial charge in [-0.05, 0) is 23.8 Å². The van der Waals surface area contributed by atoms with Crippen molar-refractivity contribution in [3.05, 3.63) is 71.8 Å². The number of esters is 1. The fourth-order valence-corrected chi connectivity index (χ4v) is 3.08. The Morgan fingerprint density at radius 1 is 1.04 bits per heavy atom. The van der Waals surface area contributed by atoms with Crippen molar-refractivity contribution in [1.29, 1.82) is 0 Å². The molecule has 2 aromatic rings. The zero-order chi connectivity index (χ0) is 19.8. The lowest BCUT2D eigenvalue weighted by atomic mass is 10.2. The fraction of sp³-hybridized carbons (Fsp3) is 0.273. The molecule has 0 saturated carbocycles. The van der Waals surface area contributed by atoms with Gasteiger partial charge < -0.3 is 15.0 Å². The average Bonchev–Trinajstić information content (AvgIpc) is 2.74. The highest BCUT2D eigenvalue weighted by Gasteiger charge is 2.20. The van der Waals surface area contributed by atoms with Gasteiger partial charge in [0.1, 0.15) is 0 Å². The lowest BCUT2D eigenvalue weighted by Gasteiger charge is -2.34. The summed E-state index contributed by atoms with van der Waals surface area (Å²) in [6, 6.07) is 16.8. The van der Waals surface area contributed by atoms with E-state index < -0.39 is 5.97 Å². The van der Waals surface area contributed by atoms with Crippen LogP contribution in [0.2, 0.25) is 0 Å². The summed E-state index contributed by atoms with van der Waals surface area (Å²) in [6.07, 6.45) is 4.27. The molecule has 0 aromatic heterocycles. The number of anilines is 1. The molecule has 0 spiro atoms. The highest BCUT2D eigenvalue weighted by atomic mass is 16.5. The number of ether oxygens (including phenoxy) is 1. The van der Waals surface area contributed by atoms with E-state index in [4.69, 9.17) is 4.74 Å². The van der Waals surface area contributed by atoms with Crippen molar-refractivity contribution in [1.82, 2.24) is 9.80 Å². The molecule has 146 valence electrons. The third kappa shape index (κ3) is 5.44. The van der Waals surface area contributed by atoms with E-state index in [1.807, 2.05) is 18.2 Å². The number of benzene rings is 2. The van der Waals surface area contributed by atoms with Gasteiger partial charge in [0.05, 0.1) is 12.7 Å². The van der Waals surface area contributed by atoms with Crippen molar-refractivity contribution < 1.29 is 14.3 Å². The van der Waals surface area contributed by atoms with Crippen LogP contribution < -0.4 is 5.32 Å². The molecule has 0 atom stereocenters. The van der Waals surface area contributed by atoms with Gasteiger partial charge in [-0.15, -0.1) is 0 Å². The van der Waals surface area contributed by atoms with Crippen molar-refractivity contribution in [2.45, 2.75) is 0 Å². The van der Waals surface area contributed by atoms with Gasteiger partial charge in [0.25, 0.3) is 0 Å². The first-order valence-electron chi connectivity index (χ1n) is 9.34. The molecule has 2 amide bonds. The Morgan fingerprint density at radius 3 is 2.50 bits per heavy atom. The van der Waals surface area contributed by atoms with Gasteiger partial charge in [-0.2, -0.15) is 0 Å². The van der Waals surface area contributed by atoms with E-state index in [9.17, 15) is 9.59 Å². The number of carbonyl (C=O) groups is 2. The molecule has 1 aliphatic rings. The molecular formula is C22H25N3O3. The Kier molecular flexibility index (Phi) is 6.81. The minimum absolute atomic E-state index is 0.151. The molecule has 6 nitrogen and oxygen atoms in total. The normalized spacial score (nSPS) is 14.8. The maximum atomic E-state index is 12.5. The first kappa shape index (κ1) is 19.6. The molecule has 1 N–H and O–H groups in total. The second-order valence-corrected chi connectivity index (χ2v) is 6.60. The number of piperazine rings is 1. The van der Waals surface area contributed by atoms with Gasteiger partial charge in [0, 0.05) is 38.4 Å². The van der Waals surface area contributed by atoms with Crippen molar-refractivity contribution in [3.63, 3.8) is 0 Å². The maximum absolute atomic E-state index is 12.5. The Labute approximate surface area is 165 Å². The largest absolute Gasteiger partial charge is 0.465 e. The van der Waals surface area contributed by atoms with Crippen LogP contribution in [-0.4, -0.2) is 61.6 Å². The highest BCUT2D eigenvalue weighted by molar-refractivity contribution is 5.93. The second kappa shape index (κ2) is 9.71. The summed E-state index contributed by atoms with van der Waals surface area (Å²) in [7, 11) is 1.34. The molecule has 1 aliphatic heterocycles. The summed E-state index contributed by atoms with van der Waals surface area (Å²) in [6.45, 7) is 3.86. The van der Waals surface area contributed by atoms with E-state index in [0.717, 1.165) is 19.6 Å². The summed E-state index contributed by atoms with van der Waals surface area (Å²) < 4.78 is 4.71. The van der Waals surface area contributed by atoms with Crippen LogP contribution >= 0.6 is 0 Å². The summed E-state index contributed by atoms with van der Waals surface area (Å²) in [5.41, 5.74) is 2.19. The maximum Gasteiger partial charge on any atom is 0.337 e. The highest BCUT2D eigenvalue weighted by Crippen LogP contribution is 2.13. The minimum atomic E-state index is -0.423. The van der Waals surface area contributed by atoms with Gasteiger partial charge in [-0.3, -0.25) is 4.90 Å². The number of urea groups is 1. The lowest BCUT2D eigenvalue weighted by molar-refractivity contribution is 0.0600. The Balaban J connectivity index is 1.46. The molecule has 3 rings (SSSR count). The monoisotopic (exact) mass is 379 g/mol. The number of amides is 2. The Morgan fingerprint density at radius 2 is 1.79 bits per heavy atom. The number of hydrogen-bond donors (Lipinski definition) is 1. The average molecular weight is 379 g/mol. The van der Waals surface area contributed by atoms with E-state index >= 15 is 0 Å². The summed E-state index contributed by atoms with van der Waals surface area (Å²) in [5.74, 6) is -0.423. The molecular weight excluding hydrogens is 354 g/mol. The molecule has 1 fully saturated rings. The van der Waals surface area contributed by atoms with Gasteiger partial charge in [-0.1, -0.05) is 48.6 Å². The number of methoxy groups -OCH3 is 1. The number of nitrogens with one attached hydrogen (secondary N) is 1.